The zero-order valence-corrected chi connectivity index (χ0v) is 9.09. The molecule has 1 rings (SSSR count). The molecule has 0 saturated carbocycles. The van der Waals surface area contributed by atoms with Crippen molar-refractivity contribution in [3.05, 3.63) is 29.8 Å². The Morgan fingerprint density at radius 2 is 1.76 bits per heavy atom. The molecule has 2 unspecified atom stereocenters. The largest absolute Gasteiger partial charge is 0.435 e. The summed E-state index contributed by atoms with van der Waals surface area (Å²) < 4.78 is 27.9. The van der Waals surface area contributed by atoms with E-state index < -0.39 is 18.8 Å². The molecule has 17 heavy (non-hydrogen) atoms. The van der Waals surface area contributed by atoms with E-state index in [0.717, 1.165) is 0 Å². The second-order valence-corrected chi connectivity index (χ2v) is 3.54. The van der Waals surface area contributed by atoms with Gasteiger partial charge in [0.2, 0.25) is 0 Å². The average molecular weight is 247 g/mol. The summed E-state index contributed by atoms with van der Waals surface area (Å²) in [6.45, 7) is -2.63. The summed E-state index contributed by atoms with van der Waals surface area (Å²) in [4.78, 5) is 0. The topological polar surface area (TPSA) is 75.7 Å². The third-order valence-corrected chi connectivity index (χ3v) is 2.27. The minimum absolute atomic E-state index is 0.00395. The molecule has 0 amide bonds. The van der Waals surface area contributed by atoms with Gasteiger partial charge in [-0.25, -0.2) is 0 Å². The Balaban J connectivity index is 2.66. The van der Waals surface area contributed by atoms with Crippen LogP contribution in [0.25, 0.3) is 0 Å². The maximum atomic E-state index is 11.9. The molecular weight excluding hydrogens is 232 g/mol. The van der Waals surface area contributed by atoms with Gasteiger partial charge in [0.25, 0.3) is 0 Å². The van der Waals surface area contributed by atoms with Crippen LogP contribution in [0, 0.1) is 0 Å². The molecule has 0 heterocycles. The number of aliphatic hydroxyl groups excluding tert-OH is 2. The van der Waals surface area contributed by atoms with Crippen molar-refractivity contribution in [2.24, 2.45) is 5.73 Å². The lowest BCUT2D eigenvalue weighted by molar-refractivity contribution is -0.0499. The SMILES string of the molecule is NCCC(O)C(O)c1ccc(OC(F)F)cc1. The molecule has 96 valence electrons. The molecule has 0 aliphatic heterocycles. The number of ether oxygens (including phenoxy) is 1. The number of halogens is 2. The monoisotopic (exact) mass is 247 g/mol. The molecule has 0 aromatic heterocycles. The van der Waals surface area contributed by atoms with Gasteiger partial charge in [0.1, 0.15) is 11.9 Å². The zero-order valence-electron chi connectivity index (χ0n) is 9.09. The Morgan fingerprint density at radius 1 is 1.18 bits per heavy atom. The molecule has 0 aliphatic carbocycles. The van der Waals surface area contributed by atoms with Crippen LogP contribution in [-0.4, -0.2) is 29.5 Å². The molecule has 4 N–H and O–H groups in total. The summed E-state index contributed by atoms with van der Waals surface area (Å²) in [6.07, 6.45) is -1.79. The number of alkyl halides is 2. The van der Waals surface area contributed by atoms with Gasteiger partial charge in [0.15, 0.2) is 0 Å². The van der Waals surface area contributed by atoms with E-state index in [9.17, 15) is 19.0 Å². The van der Waals surface area contributed by atoms with Crippen molar-refractivity contribution in [3.63, 3.8) is 0 Å². The third-order valence-electron chi connectivity index (χ3n) is 2.27. The summed E-state index contributed by atoms with van der Waals surface area (Å²) in [5.74, 6) is 0.00395. The molecule has 0 fully saturated rings. The molecule has 1 aromatic rings. The Labute approximate surface area is 97.6 Å². The highest BCUT2D eigenvalue weighted by Gasteiger charge is 2.17. The molecule has 0 aliphatic rings. The average Bonchev–Trinajstić information content (AvgIpc) is 2.28. The van der Waals surface area contributed by atoms with E-state index in [2.05, 4.69) is 4.74 Å². The molecular formula is C11H15F2NO3. The predicted octanol–water partition coefficient (Wildman–Crippen LogP) is 1.03. The predicted molar refractivity (Wildman–Crippen MR) is 57.7 cm³/mol. The molecule has 6 heteroatoms. The van der Waals surface area contributed by atoms with Gasteiger partial charge in [-0.05, 0) is 30.7 Å². The maximum absolute atomic E-state index is 11.9. The molecule has 2 atom stereocenters. The molecule has 1 aromatic carbocycles. The Morgan fingerprint density at radius 3 is 2.24 bits per heavy atom. The van der Waals surface area contributed by atoms with Gasteiger partial charge in [-0.2, -0.15) is 8.78 Å². The van der Waals surface area contributed by atoms with Gasteiger partial charge in [-0.1, -0.05) is 12.1 Å². The van der Waals surface area contributed by atoms with Crippen LogP contribution in [0.1, 0.15) is 18.1 Å². The summed E-state index contributed by atoms with van der Waals surface area (Å²) in [7, 11) is 0. The van der Waals surface area contributed by atoms with Gasteiger partial charge in [-0.15, -0.1) is 0 Å². The lowest BCUT2D eigenvalue weighted by Gasteiger charge is -2.17. The first-order valence-electron chi connectivity index (χ1n) is 5.15. The van der Waals surface area contributed by atoms with Crippen LogP contribution in [0.15, 0.2) is 24.3 Å². The standard InChI is InChI=1S/C11H15F2NO3/c12-11(13)17-8-3-1-7(2-4-8)10(16)9(15)5-6-14/h1-4,9-11,15-16H,5-6,14H2. The quantitative estimate of drug-likeness (QED) is 0.701. The molecule has 0 saturated heterocycles. The first-order chi connectivity index (χ1) is 8.04. The van der Waals surface area contributed by atoms with Crippen molar-refractivity contribution in [3.8, 4) is 5.75 Å². The Bertz CT molecular complexity index is 332. The first-order valence-corrected chi connectivity index (χ1v) is 5.15. The van der Waals surface area contributed by atoms with Crippen molar-refractivity contribution in [1.82, 2.24) is 0 Å². The maximum Gasteiger partial charge on any atom is 0.387 e. The molecule has 0 bridgehead atoms. The number of hydrogen-bond donors (Lipinski definition) is 3. The fourth-order valence-corrected chi connectivity index (χ4v) is 1.40. The number of nitrogens with two attached hydrogens (primary N) is 1. The fraction of sp³-hybridized carbons (Fsp3) is 0.455. The number of hydrogen-bond acceptors (Lipinski definition) is 4. The van der Waals surface area contributed by atoms with E-state index in [1.54, 1.807) is 0 Å². The summed E-state index contributed by atoms with van der Waals surface area (Å²) in [6, 6.07) is 5.45. The van der Waals surface area contributed by atoms with Crippen LogP contribution in [0.5, 0.6) is 5.75 Å². The van der Waals surface area contributed by atoms with Gasteiger partial charge in [0.05, 0.1) is 6.10 Å². The minimum atomic E-state index is -2.88. The van der Waals surface area contributed by atoms with Gasteiger partial charge >= 0.3 is 6.61 Å². The molecule has 0 spiro atoms. The Hall–Kier alpha value is -1.24. The van der Waals surface area contributed by atoms with Crippen molar-refractivity contribution >= 4 is 0 Å². The fourth-order valence-electron chi connectivity index (χ4n) is 1.40. The third kappa shape index (κ3) is 4.26. The van der Waals surface area contributed by atoms with E-state index in [1.165, 1.54) is 24.3 Å². The van der Waals surface area contributed by atoms with Crippen LogP contribution >= 0.6 is 0 Å². The van der Waals surface area contributed by atoms with Crippen molar-refractivity contribution in [2.75, 3.05) is 6.54 Å². The van der Waals surface area contributed by atoms with E-state index in [1.807, 2.05) is 0 Å². The summed E-state index contributed by atoms with van der Waals surface area (Å²) in [5.41, 5.74) is 5.67. The van der Waals surface area contributed by atoms with Crippen molar-refractivity contribution in [1.29, 1.82) is 0 Å². The summed E-state index contributed by atoms with van der Waals surface area (Å²) in [5, 5.41) is 19.2. The smallest absolute Gasteiger partial charge is 0.387 e. The van der Waals surface area contributed by atoms with Gasteiger partial charge < -0.3 is 20.7 Å². The highest BCUT2D eigenvalue weighted by molar-refractivity contribution is 5.29. The minimum Gasteiger partial charge on any atom is -0.435 e. The summed E-state index contributed by atoms with van der Waals surface area (Å²) >= 11 is 0. The van der Waals surface area contributed by atoms with E-state index in [4.69, 9.17) is 5.73 Å². The number of aliphatic hydroxyl groups is 2. The normalized spacial score (nSPS) is 14.7. The van der Waals surface area contributed by atoms with E-state index in [-0.39, 0.29) is 18.7 Å². The van der Waals surface area contributed by atoms with E-state index >= 15 is 0 Å². The van der Waals surface area contributed by atoms with Crippen LogP contribution in [0.4, 0.5) is 8.78 Å². The second-order valence-electron chi connectivity index (χ2n) is 3.54. The highest BCUT2D eigenvalue weighted by atomic mass is 19.3. The van der Waals surface area contributed by atoms with Crippen molar-refractivity contribution < 1.29 is 23.7 Å². The lowest BCUT2D eigenvalue weighted by Crippen LogP contribution is -2.21. The zero-order chi connectivity index (χ0) is 12.8. The Kier molecular flexibility index (Phi) is 5.27. The second kappa shape index (κ2) is 6.48. The first kappa shape index (κ1) is 13.8. The number of benzene rings is 1. The number of rotatable bonds is 6. The van der Waals surface area contributed by atoms with E-state index in [0.29, 0.717) is 5.56 Å². The van der Waals surface area contributed by atoms with Crippen molar-refractivity contribution in [2.45, 2.75) is 25.2 Å². The molecule has 4 nitrogen and oxygen atoms in total. The lowest BCUT2D eigenvalue weighted by atomic mass is 10.0. The van der Waals surface area contributed by atoms with Gasteiger partial charge in [0, 0.05) is 0 Å². The van der Waals surface area contributed by atoms with Crippen LogP contribution in [0.3, 0.4) is 0 Å². The van der Waals surface area contributed by atoms with Gasteiger partial charge in [-0.3, -0.25) is 0 Å². The van der Waals surface area contributed by atoms with Crippen LogP contribution < -0.4 is 10.5 Å². The highest BCUT2D eigenvalue weighted by Crippen LogP contribution is 2.22. The van der Waals surface area contributed by atoms with Crippen LogP contribution in [0.2, 0.25) is 0 Å². The molecule has 0 radical (unpaired) electrons. The van der Waals surface area contributed by atoms with Crippen LogP contribution in [-0.2, 0) is 0 Å².